The van der Waals surface area contributed by atoms with Crippen LogP contribution in [0, 0.1) is 0 Å². The van der Waals surface area contributed by atoms with Gasteiger partial charge in [-0.25, -0.2) is 0 Å². The van der Waals surface area contributed by atoms with Crippen LogP contribution in [0.4, 0.5) is 0 Å². The van der Waals surface area contributed by atoms with E-state index >= 15 is 0 Å². The SMILES string of the molecule is C[N-][C@H](C)c1ccc(Br)cc1. The lowest BCUT2D eigenvalue weighted by molar-refractivity contribution is 0.915. The summed E-state index contributed by atoms with van der Waals surface area (Å²) in [5.74, 6) is 0. The molecule has 0 saturated heterocycles. The quantitative estimate of drug-likeness (QED) is 0.713. The molecular weight excluding hydrogens is 202 g/mol. The highest BCUT2D eigenvalue weighted by Crippen LogP contribution is 2.21. The normalized spacial score (nSPS) is 13.0. The molecule has 60 valence electrons. The molecule has 0 spiro atoms. The summed E-state index contributed by atoms with van der Waals surface area (Å²) in [4.78, 5) is 0. The number of halogens is 1. The molecule has 2 heteroatoms. The van der Waals surface area contributed by atoms with E-state index in [1.807, 2.05) is 19.2 Å². The summed E-state index contributed by atoms with van der Waals surface area (Å²) < 4.78 is 1.12. The van der Waals surface area contributed by atoms with E-state index in [9.17, 15) is 0 Å². The molecule has 0 radical (unpaired) electrons. The highest BCUT2D eigenvalue weighted by atomic mass is 79.9. The molecule has 0 N–H and O–H groups in total. The lowest BCUT2D eigenvalue weighted by Crippen LogP contribution is -1.88. The van der Waals surface area contributed by atoms with E-state index in [4.69, 9.17) is 0 Å². The molecule has 1 atom stereocenters. The van der Waals surface area contributed by atoms with Crippen molar-refractivity contribution in [1.29, 1.82) is 0 Å². The molecule has 1 aromatic carbocycles. The lowest BCUT2D eigenvalue weighted by Gasteiger charge is -2.23. The monoisotopic (exact) mass is 212 g/mol. The number of hydrogen-bond acceptors (Lipinski definition) is 0. The Kier molecular flexibility index (Phi) is 3.09. The van der Waals surface area contributed by atoms with Crippen LogP contribution in [0.3, 0.4) is 0 Å². The minimum Gasteiger partial charge on any atom is -0.659 e. The molecule has 1 rings (SSSR count). The summed E-state index contributed by atoms with van der Waals surface area (Å²) in [5.41, 5.74) is 1.26. The van der Waals surface area contributed by atoms with Gasteiger partial charge in [0.2, 0.25) is 0 Å². The third-order valence-corrected chi connectivity index (χ3v) is 2.27. The second-order valence-corrected chi connectivity index (χ2v) is 3.40. The summed E-state index contributed by atoms with van der Waals surface area (Å²) in [6, 6.07) is 8.56. The third-order valence-electron chi connectivity index (χ3n) is 1.74. The summed E-state index contributed by atoms with van der Waals surface area (Å²) in [6.07, 6.45) is 0. The van der Waals surface area contributed by atoms with Gasteiger partial charge in [0.05, 0.1) is 0 Å². The maximum absolute atomic E-state index is 4.17. The van der Waals surface area contributed by atoms with Crippen molar-refractivity contribution in [1.82, 2.24) is 0 Å². The molecule has 0 saturated carbocycles. The van der Waals surface area contributed by atoms with Gasteiger partial charge in [-0.1, -0.05) is 40.5 Å². The van der Waals surface area contributed by atoms with Gasteiger partial charge >= 0.3 is 0 Å². The highest BCUT2D eigenvalue weighted by molar-refractivity contribution is 9.10. The second-order valence-electron chi connectivity index (χ2n) is 2.49. The van der Waals surface area contributed by atoms with Gasteiger partial charge in [-0.3, -0.25) is 0 Å². The lowest BCUT2D eigenvalue weighted by atomic mass is 10.1. The fourth-order valence-corrected chi connectivity index (χ4v) is 1.15. The van der Waals surface area contributed by atoms with E-state index < -0.39 is 0 Å². The molecule has 0 aliphatic carbocycles. The van der Waals surface area contributed by atoms with Crippen LogP contribution in [0.5, 0.6) is 0 Å². The predicted molar refractivity (Wildman–Crippen MR) is 51.8 cm³/mol. The zero-order valence-corrected chi connectivity index (χ0v) is 8.30. The van der Waals surface area contributed by atoms with E-state index in [0.717, 1.165) is 4.47 Å². The van der Waals surface area contributed by atoms with Crippen LogP contribution in [0.15, 0.2) is 28.7 Å². The molecule has 11 heavy (non-hydrogen) atoms. The number of hydrogen-bond donors (Lipinski definition) is 0. The van der Waals surface area contributed by atoms with Crippen LogP contribution in [-0.2, 0) is 0 Å². The topological polar surface area (TPSA) is 14.1 Å². The molecule has 0 heterocycles. The smallest absolute Gasteiger partial charge is 0.0175 e. The Balaban J connectivity index is 2.81. The average molecular weight is 213 g/mol. The standard InChI is InChI=1S/C9H11BrN/c1-7(11-2)8-3-5-9(10)6-4-8/h3-7H,1-2H3/q-1/t7-/m1/s1. The number of nitrogens with zero attached hydrogens (tertiary/aromatic N) is 1. The highest BCUT2D eigenvalue weighted by Gasteiger charge is 1.92. The molecule has 0 bridgehead atoms. The molecule has 1 nitrogen and oxygen atoms in total. The van der Waals surface area contributed by atoms with Gasteiger partial charge in [0.15, 0.2) is 0 Å². The molecular formula is C9H11BrN-. The molecule has 0 aliphatic heterocycles. The average Bonchev–Trinajstić information content (AvgIpc) is 2.05. The van der Waals surface area contributed by atoms with Gasteiger partial charge in [-0.15, -0.1) is 6.04 Å². The third kappa shape index (κ3) is 2.31. The molecule has 1 aromatic rings. The van der Waals surface area contributed by atoms with Crippen LogP contribution in [0.25, 0.3) is 5.32 Å². The van der Waals surface area contributed by atoms with Crippen LogP contribution < -0.4 is 0 Å². The Labute approximate surface area is 75.9 Å². The minimum atomic E-state index is 0.308. The maximum Gasteiger partial charge on any atom is 0.0175 e. The van der Waals surface area contributed by atoms with E-state index in [1.54, 1.807) is 0 Å². The van der Waals surface area contributed by atoms with Crippen molar-refractivity contribution in [3.8, 4) is 0 Å². The molecule has 0 aromatic heterocycles. The van der Waals surface area contributed by atoms with Crippen molar-refractivity contribution in [2.75, 3.05) is 7.05 Å². The van der Waals surface area contributed by atoms with Gasteiger partial charge in [0.25, 0.3) is 0 Å². The minimum absolute atomic E-state index is 0.308. The van der Waals surface area contributed by atoms with Crippen molar-refractivity contribution in [2.45, 2.75) is 13.0 Å². The van der Waals surface area contributed by atoms with Crippen molar-refractivity contribution in [3.05, 3.63) is 39.6 Å². The Morgan fingerprint density at radius 1 is 1.27 bits per heavy atom. The number of rotatable bonds is 2. The van der Waals surface area contributed by atoms with E-state index in [2.05, 4.69) is 40.3 Å². The Morgan fingerprint density at radius 3 is 2.27 bits per heavy atom. The molecule has 0 aliphatic rings. The largest absolute Gasteiger partial charge is 0.659 e. The molecule has 0 fully saturated rings. The van der Waals surface area contributed by atoms with Crippen LogP contribution in [0.2, 0.25) is 0 Å². The van der Waals surface area contributed by atoms with Gasteiger partial charge < -0.3 is 5.32 Å². The summed E-state index contributed by atoms with van der Waals surface area (Å²) in [7, 11) is 1.84. The van der Waals surface area contributed by atoms with Gasteiger partial charge in [-0.05, 0) is 12.1 Å². The second kappa shape index (κ2) is 3.88. The first-order chi connectivity index (χ1) is 5.24. The fourth-order valence-electron chi connectivity index (χ4n) is 0.890. The Hall–Kier alpha value is -0.340. The maximum atomic E-state index is 4.17. The van der Waals surface area contributed by atoms with Crippen molar-refractivity contribution >= 4 is 15.9 Å². The van der Waals surface area contributed by atoms with Crippen LogP contribution >= 0.6 is 15.9 Å². The van der Waals surface area contributed by atoms with E-state index in [-0.39, 0.29) is 0 Å². The van der Waals surface area contributed by atoms with Crippen LogP contribution in [0.1, 0.15) is 18.5 Å². The zero-order chi connectivity index (χ0) is 8.27. The summed E-state index contributed by atoms with van der Waals surface area (Å²) >= 11 is 3.39. The fraction of sp³-hybridized carbons (Fsp3) is 0.333. The first-order valence-electron chi connectivity index (χ1n) is 3.58. The molecule has 0 amide bonds. The number of benzene rings is 1. The van der Waals surface area contributed by atoms with Crippen molar-refractivity contribution < 1.29 is 0 Å². The van der Waals surface area contributed by atoms with E-state index in [0.29, 0.717) is 6.04 Å². The summed E-state index contributed by atoms with van der Waals surface area (Å²) in [6.45, 7) is 2.09. The van der Waals surface area contributed by atoms with Crippen molar-refractivity contribution in [3.63, 3.8) is 0 Å². The Bertz CT molecular complexity index is 218. The summed E-state index contributed by atoms with van der Waals surface area (Å²) in [5, 5.41) is 4.17. The van der Waals surface area contributed by atoms with Crippen molar-refractivity contribution in [2.24, 2.45) is 0 Å². The molecule has 0 unspecified atom stereocenters. The van der Waals surface area contributed by atoms with E-state index in [1.165, 1.54) is 5.56 Å². The first-order valence-corrected chi connectivity index (χ1v) is 4.37. The Morgan fingerprint density at radius 2 is 1.82 bits per heavy atom. The predicted octanol–water partition coefficient (Wildman–Crippen LogP) is 3.51. The van der Waals surface area contributed by atoms with Gasteiger partial charge in [0, 0.05) is 4.47 Å². The van der Waals surface area contributed by atoms with Gasteiger partial charge in [0.1, 0.15) is 0 Å². The van der Waals surface area contributed by atoms with Gasteiger partial charge in [-0.2, -0.15) is 7.05 Å². The zero-order valence-electron chi connectivity index (χ0n) is 6.71. The van der Waals surface area contributed by atoms with Crippen LogP contribution in [-0.4, -0.2) is 7.05 Å². The first kappa shape index (κ1) is 8.75.